The quantitative estimate of drug-likeness (QED) is 0.0323. The zero-order valence-electron chi connectivity index (χ0n) is 24.8. The van der Waals surface area contributed by atoms with Gasteiger partial charge in [0.25, 0.3) is 5.69 Å². The van der Waals surface area contributed by atoms with E-state index in [2.05, 4.69) is 32.1 Å². The number of nitrogens with zero attached hydrogens (tertiary/aromatic N) is 1. The first-order valence-electron chi connectivity index (χ1n) is 15.0. The number of hydrogen-bond donors (Lipinski definition) is 2. The molecule has 2 aromatic rings. The van der Waals surface area contributed by atoms with Crippen LogP contribution in [0.1, 0.15) is 114 Å². The van der Waals surface area contributed by atoms with E-state index in [4.69, 9.17) is 37.0 Å². The van der Waals surface area contributed by atoms with Crippen LogP contribution < -0.4 is 10.1 Å². The molecular weight excluding hydrogens is 595 g/mol. The third kappa shape index (κ3) is 9.04. The van der Waals surface area contributed by atoms with Crippen molar-refractivity contribution < 1.29 is 28.1 Å². The molecule has 7 nitrogen and oxygen atoms in total. The Morgan fingerprint density at radius 2 is 1.71 bits per heavy atom. The van der Waals surface area contributed by atoms with Gasteiger partial charge in [0.1, 0.15) is 29.8 Å². The number of carbonyl (C=O) groups is 2. The smallest absolute Gasteiger partial charge is 0.412 e. The Hall–Kier alpha value is -2.42. The lowest BCUT2D eigenvalue weighted by molar-refractivity contribution is -0.672. The normalized spacial score (nSPS) is 14.1. The molecule has 1 aliphatic heterocycles. The van der Waals surface area contributed by atoms with E-state index in [-0.39, 0.29) is 22.5 Å². The summed E-state index contributed by atoms with van der Waals surface area (Å²) in [5, 5.41) is 3.35. The predicted octanol–water partition coefficient (Wildman–Crippen LogP) is 10.2. The number of ketones is 1. The van der Waals surface area contributed by atoms with Crippen molar-refractivity contribution in [2.75, 3.05) is 11.9 Å². The first-order chi connectivity index (χ1) is 20.3. The second kappa shape index (κ2) is 17.0. The van der Waals surface area contributed by atoms with Gasteiger partial charge in [-0.3, -0.25) is 10.1 Å². The zero-order valence-corrected chi connectivity index (χ0v) is 27.3. The number of nitrogens with one attached hydrogen (secondary N) is 1. The standard InChI is InChI=1S/C32H42Cl2N2O5S/c1-4-6-8-10-18-32(19-11-9-7-5-2)25-22-24(14-16-27(25)35-31(38)40-32)39-21-13-12-20-36(41-42)28-17-15-26(33)30(34)29(28)23(3)37/h14-17,20,22H,4-13,18-19,21H2,1-3H3,(H-,35,38,42)/p+1. The van der Waals surface area contributed by atoms with Gasteiger partial charge in [-0.15, -0.1) is 0 Å². The van der Waals surface area contributed by atoms with Crippen LogP contribution in [0.15, 0.2) is 30.3 Å². The van der Waals surface area contributed by atoms with E-state index < -0.39 is 5.60 Å². The van der Waals surface area contributed by atoms with Crippen molar-refractivity contribution in [2.24, 2.45) is 0 Å². The molecule has 0 bridgehead atoms. The Bertz CT molecular complexity index is 1240. The number of carbonyl (C=O) groups excluding carboxylic acids is 2. The van der Waals surface area contributed by atoms with Crippen LogP contribution in [0.25, 0.3) is 0 Å². The Morgan fingerprint density at radius 1 is 1.02 bits per heavy atom. The molecule has 0 saturated carbocycles. The summed E-state index contributed by atoms with van der Waals surface area (Å²) in [5.74, 6) is 0.495. The Kier molecular flexibility index (Phi) is 13.8. The van der Waals surface area contributed by atoms with Gasteiger partial charge in [0.15, 0.2) is 5.78 Å². The van der Waals surface area contributed by atoms with Crippen molar-refractivity contribution >= 4 is 65.6 Å². The van der Waals surface area contributed by atoms with Crippen molar-refractivity contribution in [3.05, 3.63) is 51.5 Å². The molecule has 10 heteroatoms. The summed E-state index contributed by atoms with van der Waals surface area (Å²) in [6.07, 6.45) is 13.1. The molecule has 0 atom stereocenters. The number of unbranched alkanes of at least 4 members (excludes halogenated alkanes) is 7. The third-order valence-electron chi connectivity index (χ3n) is 7.54. The molecule has 0 aromatic heterocycles. The Morgan fingerprint density at radius 3 is 2.33 bits per heavy atom. The van der Waals surface area contributed by atoms with Gasteiger partial charge in [-0.1, -0.05) is 75.6 Å². The average molecular weight is 639 g/mol. The number of ether oxygens (including phenoxy) is 2. The fourth-order valence-corrected chi connectivity index (χ4v) is 5.96. The zero-order chi connectivity index (χ0) is 30.5. The van der Waals surface area contributed by atoms with Crippen LogP contribution in [0.4, 0.5) is 16.2 Å². The van der Waals surface area contributed by atoms with Crippen molar-refractivity contribution in [2.45, 2.75) is 103 Å². The Labute approximate surface area is 265 Å². The number of cyclic esters (lactones) is 1. The largest absolute Gasteiger partial charge is 0.494 e. The molecule has 0 fully saturated rings. The maximum absolute atomic E-state index is 12.6. The fraction of sp³-hybridized carbons (Fsp3) is 0.531. The number of hydrogen-bond acceptors (Lipinski definition) is 6. The van der Waals surface area contributed by atoms with E-state index in [0.29, 0.717) is 30.2 Å². The number of anilines is 1. The molecule has 1 N–H and O–H groups in total. The van der Waals surface area contributed by atoms with Crippen molar-refractivity contribution in [3.8, 4) is 5.75 Å². The van der Waals surface area contributed by atoms with Gasteiger partial charge in [0.05, 0.1) is 22.3 Å². The molecule has 2 aromatic carbocycles. The highest BCUT2D eigenvalue weighted by molar-refractivity contribution is 7.74. The van der Waals surface area contributed by atoms with Gasteiger partial charge in [0, 0.05) is 22.8 Å². The molecule has 1 aliphatic rings. The minimum Gasteiger partial charge on any atom is -0.494 e. The van der Waals surface area contributed by atoms with Gasteiger partial charge in [-0.05, 0) is 63.3 Å². The van der Waals surface area contributed by atoms with Crippen molar-refractivity contribution in [3.63, 3.8) is 0 Å². The van der Waals surface area contributed by atoms with Gasteiger partial charge in [0.2, 0.25) is 6.21 Å². The van der Waals surface area contributed by atoms with Crippen LogP contribution in [0, 0.1) is 0 Å². The summed E-state index contributed by atoms with van der Waals surface area (Å²) >= 11 is 16.4. The number of thiol groups is 1. The van der Waals surface area contributed by atoms with E-state index in [0.717, 1.165) is 68.4 Å². The van der Waals surface area contributed by atoms with Crippen LogP contribution in [-0.4, -0.2) is 29.4 Å². The fourth-order valence-electron chi connectivity index (χ4n) is 5.35. The number of benzene rings is 2. The van der Waals surface area contributed by atoms with Crippen LogP contribution >= 0.6 is 36.1 Å². The Balaban J connectivity index is 1.72. The summed E-state index contributed by atoms with van der Waals surface area (Å²) in [4.78, 5) is 24.8. The van der Waals surface area contributed by atoms with Crippen LogP contribution in [0.2, 0.25) is 10.0 Å². The number of Topliss-reactive ketones (excluding diaryl/α,β-unsaturated/α-hetero) is 1. The SMILES string of the molecule is CCCCCCC1(CCCCCC)OC(=O)Nc2ccc(OCCCC=[N+](OS)c3ccc(Cl)c(Cl)c3C(C)=O)cc21. The number of rotatable bonds is 18. The highest BCUT2D eigenvalue weighted by Gasteiger charge is 2.41. The predicted molar refractivity (Wildman–Crippen MR) is 173 cm³/mol. The lowest BCUT2D eigenvalue weighted by atomic mass is 9.81. The average Bonchev–Trinajstić information content (AvgIpc) is 2.97. The van der Waals surface area contributed by atoms with Crippen LogP contribution in [0.3, 0.4) is 0 Å². The summed E-state index contributed by atoms with van der Waals surface area (Å²) in [6, 6.07) is 9.09. The molecule has 230 valence electrons. The number of halogens is 2. The highest BCUT2D eigenvalue weighted by Crippen LogP contribution is 2.45. The molecule has 0 aliphatic carbocycles. The summed E-state index contributed by atoms with van der Waals surface area (Å²) in [6.45, 7) is 6.26. The topological polar surface area (TPSA) is 76.9 Å². The van der Waals surface area contributed by atoms with Gasteiger partial charge >= 0.3 is 6.09 Å². The molecule has 1 heterocycles. The maximum atomic E-state index is 12.6. The van der Waals surface area contributed by atoms with Crippen LogP contribution in [0.5, 0.6) is 5.75 Å². The van der Waals surface area contributed by atoms with E-state index in [1.54, 1.807) is 18.3 Å². The minimum atomic E-state index is -0.648. The van der Waals surface area contributed by atoms with E-state index in [1.165, 1.54) is 24.5 Å². The van der Waals surface area contributed by atoms with E-state index in [9.17, 15) is 9.59 Å². The van der Waals surface area contributed by atoms with Crippen LogP contribution in [-0.2, 0) is 14.6 Å². The maximum Gasteiger partial charge on any atom is 0.412 e. The third-order valence-corrected chi connectivity index (χ3v) is 8.52. The lowest BCUT2D eigenvalue weighted by Gasteiger charge is -2.39. The molecule has 3 rings (SSSR count). The van der Waals surface area contributed by atoms with Gasteiger partial charge in [-0.2, -0.15) is 4.28 Å². The van der Waals surface area contributed by atoms with Gasteiger partial charge in [-0.25, -0.2) is 4.79 Å². The lowest BCUT2D eigenvalue weighted by Crippen LogP contribution is -2.39. The summed E-state index contributed by atoms with van der Waals surface area (Å²) in [7, 11) is 0. The molecule has 1 amide bonds. The molecule has 0 radical (unpaired) electrons. The molecule has 0 unspecified atom stereocenters. The van der Waals surface area contributed by atoms with Crippen molar-refractivity contribution in [1.82, 2.24) is 0 Å². The second-order valence-corrected chi connectivity index (χ2v) is 11.7. The molecule has 0 spiro atoms. The number of amides is 1. The number of fused-ring (bicyclic) bond motifs is 1. The summed E-state index contributed by atoms with van der Waals surface area (Å²) < 4.78 is 18.8. The second-order valence-electron chi connectivity index (χ2n) is 10.7. The highest BCUT2D eigenvalue weighted by atomic mass is 35.5. The molecule has 0 saturated heterocycles. The van der Waals surface area contributed by atoms with E-state index >= 15 is 0 Å². The van der Waals surface area contributed by atoms with E-state index in [1.807, 2.05) is 18.2 Å². The monoisotopic (exact) mass is 637 g/mol. The van der Waals surface area contributed by atoms with Crippen molar-refractivity contribution in [1.29, 1.82) is 0 Å². The minimum absolute atomic E-state index is 0.174. The molecular formula is C32H43Cl2N2O5S+. The van der Waals surface area contributed by atoms with Gasteiger partial charge < -0.3 is 9.47 Å². The summed E-state index contributed by atoms with van der Waals surface area (Å²) in [5.41, 5.74) is 1.86. The first-order valence-corrected chi connectivity index (χ1v) is 16.1. The first kappa shape index (κ1) is 34.1. The molecule has 42 heavy (non-hydrogen) atoms.